The molecule has 0 N–H and O–H groups in total. The third kappa shape index (κ3) is 1.29. The quantitative estimate of drug-likeness (QED) is 0.679. The minimum atomic E-state index is -0.273. The Morgan fingerprint density at radius 2 is 2.29 bits per heavy atom. The van der Waals surface area contributed by atoms with E-state index in [0.29, 0.717) is 6.54 Å². The molecule has 0 fully saturated rings. The van der Waals surface area contributed by atoms with Gasteiger partial charge in [-0.3, -0.25) is 4.79 Å². The molecule has 1 aromatic rings. The first-order valence-electron chi connectivity index (χ1n) is 4.60. The highest BCUT2D eigenvalue weighted by Gasteiger charge is 2.29. The van der Waals surface area contributed by atoms with Crippen LogP contribution in [0, 0.1) is 5.82 Å². The second-order valence-corrected chi connectivity index (χ2v) is 3.75. The summed E-state index contributed by atoms with van der Waals surface area (Å²) in [6.45, 7) is 2.21. The van der Waals surface area contributed by atoms with Crippen molar-refractivity contribution in [1.29, 1.82) is 0 Å². The second-order valence-electron chi connectivity index (χ2n) is 3.75. The molecule has 0 bridgehead atoms. The molecule has 1 atom stereocenters. The smallest absolute Gasteiger partial charge is 0.139 e. The topological polar surface area (TPSA) is 20.3 Å². The fraction of sp³-hybridized carbons (Fsp3) is 0.364. The SMILES string of the molecule is CC(=O)C1CN(C)c2ccc(F)cc21. The number of carbonyl (C=O) groups is 1. The van der Waals surface area contributed by atoms with Crippen LogP contribution < -0.4 is 4.90 Å². The highest BCUT2D eigenvalue weighted by atomic mass is 19.1. The molecule has 1 aliphatic heterocycles. The number of ketones is 1. The summed E-state index contributed by atoms with van der Waals surface area (Å²) in [5.41, 5.74) is 1.78. The van der Waals surface area contributed by atoms with E-state index in [9.17, 15) is 9.18 Å². The Hall–Kier alpha value is -1.38. The van der Waals surface area contributed by atoms with Gasteiger partial charge in [0.25, 0.3) is 0 Å². The fourth-order valence-corrected chi connectivity index (χ4v) is 1.97. The second kappa shape index (κ2) is 3.08. The predicted octanol–water partition coefficient (Wildman–Crippen LogP) is 1.95. The molecule has 1 heterocycles. The van der Waals surface area contributed by atoms with Gasteiger partial charge in [-0.05, 0) is 30.7 Å². The fourth-order valence-electron chi connectivity index (χ4n) is 1.97. The van der Waals surface area contributed by atoms with Crippen molar-refractivity contribution in [2.24, 2.45) is 0 Å². The molecule has 0 aliphatic carbocycles. The van der Waals surface area contributed by atoms with Crippen LogP contribution in [0.4, 0.5) is 10.1 Å². The molecule has 14 heavy (non-hydrogen) atoms. The minimum Gasteiger partial charge on any atom is -0.373 e. The predicted molar refractivity (Wildman–Crippen MR) is 53.1 cm³/mol. The molecule has 2 rings (SSSR count). The summed E-state index contributed by atoms with van der Waals surface area (Å²) in [5, 5.41) is 0. The Balaban J connectivity index is 2.51. The van der Waals surface area contributed by atoms with Gasteiger partial charge in [-0.2, -0.15) is 0 Å². The lowest BCUT2D eigenvalue weighted by atomic mass is 9.98. The molecule has 2 nitrogen and oxygen atoms in total. The number of carbonyl (C=O) groups excluding carboxylic acids is 1. The van der Waals surface area contributed by atoms with Crippen molar-refractivity contribution in [2.45, 2.75) is 12.8 Å². The van der Waals surface area contributed by atoms with E-state index in [4.69, 9.17) is 0 Å². The summed E-state index contributed by atoms with van der Waals surface area (Å²) < 4.78 is 13.0. The van der Waals surface area contributed by atoms with Crippen LogP contribution in [0.5, 0.6) is 0 Å². The van der Waals surface area contributed by atoms with Crippen molar-refractivity contribution >= 4 is 11.5 Å². The van der Waals surface area contributed by atoms with Crippen LogP contribution in [0.1, 0.15) is 18.4 Å². The molecule has 0 amide bonds. The van der Waals surface area contributed by atoms with Crippen LogP contribution in [-0.2, 0) is 4.79 Å². The molecule has 1 aliphatic rings. The molecular weight excluding hydrogens is 181 g/mol. The summed E-state index contributed by atoms with van der Waals surface area (Å²) in [7, 11) is 1.92. The largest absolute Gasteiger partial charge is 0.373 e. The third-order valence-electron chi connectivity index (χ3n) is 2.72. The van der Waals surface area contributed by atoms with Gasteiger partial charge in [0.1, 0.15) is 11.6 Å². The van der Waals surface area contributed by atoms with Crippen LogP contribution in [-0.4, -0.2) is 19.4 Å². The number of hydrogen-bond donors (Lipinski definition) is 0. The Morgan fingerprint density at radius 3 is 2.93 bits per heavy atom. The summed E-state index contributed by atoms with van der Waals surface area (Å²) >= 11 is 0. The van der Waals surface area contributed by atoms with E-state index in [-0.39, 0.29) is 17.5 Å². The first kappa shape index (κ1) is 9.19. The molecule has 74 valence electrons. The minimum absolute atomic E-state index is 0.0983. The van der Waals surface area contributed by atoms with E-state index in [0.717, 1.165) is 11.3 Å². The average Bonchev–Trinajstić information content (AvgIpc) is 2.43. The molecule has 0 saturated heterocycles. The summed E-state index contributed by atoms with van der Waals surface area (Å²) in [6.07, 6.45) is 0. The van der Waals surface area contributed by atoms with Gasteiger partial charge in [-0.15, -0.1) is 0 Å². The Bertz CT molecular complexity index is 389. The molecular formula is C11H12FNO. The number of hydrogen-bond acceptors (Lipinski definition) is 2. The van der Waals surface area contributed by atoms with Gasteiger partial charge in [0.2, 0.25) is 0 Å². The lowest BCUT2D eigenvalue weighted by Gasteiger charge is -2.11. The molecule has 0 radical (unpaired) electrons. The van der Waals surface area contributed by atoms with Crippen LogP contribution in [0.15, 0.2) is 18.2 Å². The van der Waals surface area contributed by atoms with Crippen molar-refractivity contribution in [1.82, 2.24) is 0 Å². The van der Waals surface area contributed by atoms with Gasteiger partial charge >= 0.3 is 0 Å². The van der Waals surface area contributed by atoms with Gasteiger partial charge in [0.05, 0.1) is 5.92 Å². The van der Waals surface area contributed by atoms with Crippen molar-refractivity contribution in [3.8, 4) is 0 Å². The van der Waals surface area contributed by atoms with Gasteiger partial charge in [-0.1, -0.05) is 0 Å². The molecule has 1 aromatic carbocycles. The van der Waals surface area contributed by atoms with E-state index < -0.39 is 0 Å². The average molecular weight is 193 g/mol. The van der Waals surface area contributed by atoms with Gasteiger partial charge in [0.15, 0.2) is 0 Å². The van der Waals surface area contributed by atoms with E-state index in [1.54, 1.807) is 13.0 Å². The van der Waals surface area contributed by atoms with Gasteiger partial charge in [0, 0.05) is 19.3 Å². The highest BCUT2D eigenvalue weighted by molar-refractivity contribution is 5.88. The Morgan fingerprint density at radius 1 is 1.57 bits per heavy atom. The van der Waals surface area contributed by atoms with E-state index >= 15 is 0 Å². The van der Waals surface area contributed by atoms with E-state index in [2.05, 4.69) is 0 Å². The zero-order valence-corrected chi connectivity index (χ0v) is 8.25. The van der Waals surface area contributed by atoms with Crippen molar-refractivity contribution in [2.75, 3.05) is 18.5 Å². The summed E-state index contributed by atoms with van der Waals surface area (Å²) in [5.74, 6) is -0.336. The maximum absolute atomic E-state index is 13.0. The number of fused-ring (bicyclic) bond motifs is 1. The van der Waals surface area contributed by atoms with E-state index in [1.165, 1.54) is 12.1 Å². The molecule has 0 spiro atoms. The Kier molecular flexibility index (Phi) is 2.02. The van der Waals surface area contributed by atoms with Crippen molar-refractivity contribution in [3.63, 3.8) is 0 Å². The molecule has 0 saturated carbocycles. The van der Waals surface area contributed by atoms with Crippen LogP contribution in [0.2, 0.25) is 0 Å². The Labute approximate surface area is 82.3 Å². The van der Waals surface area contributed by atoms with E-state index in [1.807, 2.05) is 11.9 Å². The highest BCUT2D eigenvalue weighted by Crippen LogP contribution is 2.35. The maximum atomic E-state index is 13.0. The number of anilines is 1. The lowest BCUT2D eigenvalue weighted by molar-refractivity contribution is -0.118. The van der Waals surface area contributed by atoms with Crippen LogP contribution in [0.3, 0.4) is 0 Å². The third-order valence-corrected chi connectivity index (χ3v) is 2.72. The van der Waals surface area contributed by atoms with Gasteiger partial charge in [-0.25, -0.2) is 4.39 Å². The lowest BCUT2D eigenvalue weighted by Crippen LogP contribution is -2.18. The van der Waals surface area contributed by atoms with Crippen LogP contribution in [0.25, 0.3) is 0 Å². The monoisotopic (exact) mass is 193 g/mol. The number of benzene rings is 1. The zero-order chi connectivity index (χ0) is 10.3. The maximum Gasteiger partial charge on any atom is 0.139 e. The normalized spacial score (nSPS) is 19.6. The van der Waals surface area contributed by atoms with Crippen LogP contribution >= 0.6 is 0 Å². The van der Waals surface area contributed by atoms with Crippen molar-refractivity contribution < 1.29 is 9.18 Å². The number of nitrogens with zero attached hydrogens (tertiary/aromatic N) is 1. The first-order chi connectivity index (χ1) is 6.59. The first-order valence-corrected chi connectivity index (χ1v) is 4.60. The van der Waals surface area contributed by atoms with Crippen molar-refractivity contribution in [3.05, 3.63) is 29.6 Å². The number of likely N-dealkylation sites (N-methyl/N-ethyl adjacent to an activating group) is 1. The standard InChI is InChI=1S/C11H12FNO/c1-7(14)10-6-13(2)11-4-3-8(12)5-9(10)11/h3-5,10H,6H2,1-2H3. The van der Waals surface area contributed by atoms with Gasteiger partial charge < -0.3 is 4.90 Å². The molecule has 1 unspecified atom stereocenters. The number of rotatable bonds is 1. The molecule has 3 heteroatoms. The summed E-state index contributed by atoms with van der Waals surface area (Å²) in [6, 6.07) is 4.62. The zero-order valence-electron chi connectivity index (χ0n) is 8.25. The number of Topliss-reactive ketones (excluding diaryl/α,β-unsaturated/α-hetero) is 1. The molecule has 0 aromatic heterocycles. The summed E-state index contributed by atoms with van der Waals surface area (Å²) in [4.78, 5) is 13.3. The number of halogens is 1.